The fourth-order valence-corrected chi connectivity index (χ4v) is 1.41. The number of H-pyrrole nitrogens is 1. The molecule has 0 spiro atoms. The van der Waals surface area contributed by atoms with Gasteiger partial charge in [-0.2, -0.15) is 0 Å². The van der Waals surface area contributed by atoms with E-state index >= 15 is 0 Å². The molecule has 0 bridgehead atoms. The van der Waals surface area contributed by atoms with Crippen molar-refractivity contribution in [2.45, 2.75) is 0 Å². The highest BCUT2D eigenvalue weighted by atomic mass is 16.5. The molecule has 2 aromatic rings. The lowest BCUT2D eigenvalue weighted by molar-refractivity contribution is 0.350. The fourth-order valence-electron chi connectivity index (χ4n) is 1.41. The van der Waals surface area contributed by atoms with Crippen LogP contribution in [0.1, 0.15) is 0 Å². The number of nitrogens with one attached hydrogen (secondary N) is 1. The van der Waals surface area contributed by atoms with Gasteiger partial charge < -0.3 is 14.5 Å². The second-order valence-corrected chi connectivity index (χ2v) is 3.00. The van der Waals surface area contributed by atoms with Crippen molar-refractivity contribution >= 4 is 10.9 Å². The van der Waals surface area contributed by atoms with E-state index in [1.165, 1.54) is 0 Å². The van der Waals surface area contributed by atoms with Gasteiger partial charge in [0.15, 0.2) is 0 Å². The van der Waals surface area contributed by atoms with Crippen molar-refractivity contribution in [1.29, 1.82) is 0 Å². The molecule has 2 aromatic heterocycles. The number of pyridine rings is 1. The maximum absolute atomic E-state index is 5.41. The maximum atomic E-state index is 5.41. The summed E-state index contributed by atoms with van der Waals surface area (Å²) in [7, 11) is 1.62. The molecule has 2 heterocycles. The molecule has 0 atom stereocenters. The third-order valence-electron chi connectivity index (χ3n) is 2.08. The largest absolute Gasteiger partial charge is 0.494 e. The zero-order valence-corrected chi connectivity index (χ0v) is 8.49. The summed E-state index contributed by atoms with van der Waals surface area (Å²) in [5.41, 5.74) is 0.844. The van der Waals surface area contributed by atoms with Crippen molar-refractivity contribution in [3.63, 3.8) is 0 Å². The first-order chi connectivity index (χ1) is 7.36. The molecule has 78 valence electrons. The summed E-state index contributed by atoms with van der Waals surface area (Å²) in [6, 6.07) is 1.93. The lowest BCUT2D eigenvalue weighted by atomic mass is 10.3. The van der Waals surface area contributed by atoms with E-state index < -0.39 is 0 Å². The molecule has 15 heavy (non-hydrogen) atoms. The predicted molar refractivity (Wildman–Crippen MR) is 58.3 cm³/mol. The Bertz CT molecular complexity index is 476. The number of ether oxygens (including phenoxy) is 2. The van der Waals surface area contributed by atoms with Gasteiger partial charge in [0.2, 0.25) is 5.88 Å². The van der Waals surface area contributed by atoms with Crippen molar-refractivity contribution in [2.24, 2.45) is 0 Å². The van der Waals surface area contributed by atoms with Gasteiger partial charge in [-0.3, -0.25) is 0 Å². The number of nitrogens with zero attached hydrogens (tertiary/aromatic N) is 1. The monoisotopic (exact) mass is 204 g/mol. The van der Waals surface area contributed by atoms with Crippen LogP contribution in [0.5, 0.6) is 11.6 Å². The minimum atomic E-state index is 0.438. The molecule has 0 aliphatic rings. The number of aromatic amines is 1. The highest BCUT2D eigenvalue weighted by molar-refractivity contribution is 5.88. The SMILES string of the molecule is C=CCOc1ncc(OC)c2cc[nH]c12. The van der Waals surface area contributed by atoms with E-state index in [-0.39, 0.29) is 0 Å². The molecular formula is C11H12N2O2. The minimum Gasteiger partial charge on any atom is -0.494 e. The third-order valence-corrected chi connectivity index (χ3v) is 2.08. The Morgan fingerprint density at radius 1 is 1.60 bits per heavy atom. The van der Waals surface area contributed by atoms with Crippen molar-refractivity contribution in [3.8, 4) is 11.6 Å². The van der Waals surface area contributed by atoms with E-state index in [1.54, 1.807) is 19.4 Å². The Kier molecular flexibility index (Phi) is 2.58. The summed E-state index contributed by atoms with van der Waals surface area (Å²) < 4.78 is 10.6. The van der Waals surface area contributed by atoms with E-state index in [2.05, 4.69) is 16.5 Å². The van der Waals surface area contributed by atoms with Gasteiger partial charge in [0.25, 0.3) is 0 Å². The summed E-state index contributed by atoms with van der Waals surface area (Å²) in [6.07, 6.45) is 5.16. The number of aromatic nitrogens is 2. The Morgan fingerprint density at radius 2 is 2.47 bits per heavy atom. The van der Waals surface area contributed by atoms with Crippen LogP contribution in [0.3, 0.4) is 0 Å². The summed E-state index contributed by atoms with van der Waals surface area (Å²) in [5.74, 6) is 1.30. The lowest BCUT2D eigenvalue weighted by Gasteiger charge is -2.06. The Balaban J connectivity index is 2.48. The normalized spacial score (nSPS) is 10.2. The summed E-state index contributed by atoms with van der Waals surface area (Å²) >= 11 is 0. The smallest absolute Gasteiger partial charge is 0.238 e. The van der Waals surface area contributed by atoms with Gasteiger partial charge in [-0.1, -0.05) is 12.7 Å². The van der Waals surface area contributed by atoms with Crippen LogP contribution in [-0.4, -0.2) is 23.7 Å². The zero-order chi connectivity index (χ0) is 10.7. The average molecular weight is 204 g/mol. The quantitative estimate of drug-likeness (QED) is 0.776. The van der Waals surface area contributed by atoms with Crippen molar-refractivity contribution in [3.05, 3.63) is 31.1 Å². The molecule has 0 saturated heterocycles. The second kappa shape index (κ2) is 4.04. The van der Waals surface area contributed by atoms with E-state index in [9.17, 15) is 0 Å². The first kappa shape index (κ1) is 9.58. The van der Waals surface area contributed by atoms with Crippen molar-refractivity contribution in [1.82, 2.24) is 9.97 Å². The molecule has 0 saturated carbocycles. The van der Waals surface area contributed by atoms with Gasteiger partial charge in [-0.05, 0) is 6.07 Å². The van der Waals surface area contributed by atoms with Crippen LogP contribution < -0.4 is 9.47 Å². The number of methoxy groups -OCH3 is 1. The van der Waals surface area contributed by atoms with Crippen LogP contribution in [0.25, 0.3) is 10.9 Å². The minimum absolute atomic E-state index is 0.438. The van der Waals surface area contributed by atoms with E-state index in [1.807, 2.05) is 12.3 Å². The van der Waals surface area contributed by atoms with Crippen molar-refractivity contribution in [2.75, 3.05) is 13.7 Å². The summed E-state index contributed by atoms with van der Waals surface area (Å²) in [6.45, 7) is 4.03. The molecule has 0 fully saturated rings. The Labute approximate surface area is 87.5 Å². The first-order valence-electron chi connectivity index (χ1n) is 4.60. The number of rotatable bonds is 4. The van der Waals surface area contributed by atoms with Gasteiger partial charge in [0, 0.05) is 11.6 Å². The number of fused-ring (bicyclic) bond motifs is 1. The second-order valence-electron chi connectivity index (χ2n) is 3.00. The van der Waals surface area contributed by atoms with Gasteiger partial charge in [-0.25, -0.2) is 4.98 Å². The first-order valence-corrected chi connectivity index (χ1v) is 4.60. The molecule has 0 unspecified atom stereocenters. The van der Waals surface area contributed by atoms with Gasteiger partial charge in [-0.15, -0.1) is 0 Å². The average Bonchev–Trinajstić information content (AvgIpc) is 2.74. The van der Waals surface area contributed by atoms with Gasteiger partial charge in [0.05, 0.1) is 13.3 Å². The maximum Gasteiger partial charge on any atom is 0.238 e. The van der Waals surface area contributed by atoms with Crippen LogP contribution in [0, 0.1) is 0 Å². The van der Waals surface area contributed by atoms with Gasteiger partial charge in [0.1, 0.15) is 17.9 Å². The highest BCUT2D eigenvalue weighted by Gasteiger charge is 2.09. The third kappa shape index (κ3) is 1.66. The van der Waals surface area contributed by atoms with Crippen LogP contribution in [0.4, 0.5) is 0 Å². The van der Waals surface area contributed by atoms with Crippen LogP contribution in [-0.2, 0) is 0 Å². The molecule has 0 amide bonds. The number of hydrogen-bond acceptors (Lipinski definition) is 3. The molecule has 0 radical (unpaired) electrons. The van der Waals surface area contributed by atoms with Gasteiger partial charge >= 0.3 is 0 Å². The van der Waals surface area contributed by atoms with E-state index in [0.717, 1.165) is 16.7 Å². The topological polar surface area (TPSA) is 47.1 Å². The molecule has 0 aliphatic heterocycles. The highest BCUT2D eigenvalue weighted by Crippen LogP contribution is 2.29. The van der Waals surface area contributed by atoms with Crippen LogP contribution in [0.15, 0.2) is 31.1 Å². The predicted octanol–water partition coefficient (Wildman–Crippen LogP) is 2.14. The van der Waals surface area contributed by atoms with E-state index in [0.29, 0.717) is 12.5 Å². The molecule has 4 heteroatoms. The Morgan fingerprint density at radius 3 is 3.20 bits per heavy atom. The standard InChI is InChI=1S/C11H12N2O2/c1-3-6-15-11-10-8(4-5-12-10)9(14-2)7-13-11/h3-5,7,12H,1,6H2,2H3. The molecule has 2 rings (SSSR count). The number of hydrogen-bond donors (Lipinski definition) is 1. The molecule has 0 aliphatic carbocycles. The van der Waals surface area contributed by atoms with E-state index in [4.69, 9.17) is 9.47 Å². The van der Waals surface area contributed by atoms with Crippen LogP contribution in [0.2, 0.25) is 0 Å². The fraction of sp³-hybridized carbons (Fsp3) is 0.182. The summed E-state index contributed by atoms with van der Waals surface area (Å²) in [4.78, 5) is 7.23. The van der Waals surface area contributed by atoms with Crippen LogP contribution >= 0.6 is 0 Å². The summed E-state index contributed by atoms with van der Waals surface area (Å²) in [5, 5.41) is 0.964. The molecule has 4 nitrogen and oxygen atoms in total. The molecular weight excluding hydrogens is 192 g/mol. The molecule has 0 aromatic carbocycles. The lowest BCUT2D eigenvalue weighted by Crippen LogP contribution is -1.97. The van der Waals surface area contributed by atoms with Crippen molar-refractivity contribution < 1.29 is 9.47 Å². The molecule has 1 N–H and O–H groups in total. The zero-order valence-electron chi connectivity index (χ0n) is 8.49. The Hall–Kier alpha value is -1.97.